The van der Waals surface area contributed by atoms with Crippen LogP contribution in [0.5, 0.6) is 0 Å². The van der Waals surface area contributed by atoms with Crippen LogP contribution in [0.15, 0.2) is 91.9 Å². The minimum atomic E-state index is -4.71. The van der Waals surface area contributed by atoms with Crippen molar-refractivity contribution in [3.8, 4) is 0 Å². The van der Waals surface area contributed by atoms with Gasteiger partial charge in [0.25, 0.3) is 10.1 Å². The molecule has 1 aliphatic rings. The SMILES string of the molecule is Nc1ccc2c(c1)C(=O)/C(=N\Nc1ccc(N=Nc3cc(C(=O)O)cc(C(=O)O)c3)c3ccc(S(=O)(=O)O)cc13)C(S(O)(O)O)=C2. The fraction of sp³-hybridized carbons (Fsp3) is 0. The molecule has 0 aromatic heterocycles. The first kappa shape index (κ1) is 31.9. The highest BCUT2D eigenvalue weighted by atomic mass is 32.3. The number of hydrazone groups is 1. The number of carbonyl (C=O) groups is 3. The zero-order valence-electron chi connectivity index (χ0n) is 22.9. The zero-order chi connectivity index (χ0) is 33.6. The van der Waals surface area contributed by atoms with Gasteiger partial charge in [-0.25, -0.2) is 9.59 Å². The third-order valence-corrected chi connectivity index (χ3v) is 8.34. The second kappa shape index (κ2) is 11.8. The average Bonchev–Trinajstić information content (AvgIpc) is 2.98. The molecule has 5 rings (SSSR count). The molecule has 9 N–H and O–H groups in total. The first-order valence-electron chi connectivity index (χ1n) is 12.6. The van der Waals surface area contributed by atoms with Crippen LogP contribution in [0.4, 0.5) is 22.7 Å². The van der Waals surface area contributed by atoms with E-state index >= 15 is 0 Å². The largest absolute Gasteiger partial charge is 0.478 e. The lowest BCUT2D eigenvalue weighted by atomic mass is 9.94. The Morgan fingerprint density at radius 3 is 2.07 bits per heavy atom. The molecule has 0 fully saturated rings. The molecule has 4 aromatic rings. The second-order valence-corrected chi connectivity index (χ2v) is 12.6. The number of hydrogen-bond acceptors (Lipinski definition) is 13. The smallest absolute Gasteiger partial charge is 0.335 e. The van der Waals surface area contributed by atoms with Gasteiger partial charge >= 0.3 is 11.9 Å². The van der Waals surface area contributed by atoms with Crippen molar-refractivity contribution in [3.05, 3.63) is 93.9 Å². The van der Waals surface area contributed by atoms with Crippen LogP contribution >= 0.6 is 10.9 Å². The van der Waals surface area contributed by atoms with Crippen LogP contribution in [0.25, 0.3) is 16.8 Å². The lowest BCUT2D eigenvalue weighted by Crippen LogP contribution is -2.26. The number of azo groups is 1. The summed E-state index contributed by atoms with van der Waals surface area (Å²) < 4.78 is 63.7. The maximum Gasteiger partial charge on any atom is 0.335 e. The molecule has 0 saturated carbocycles. The Morgan fingerprint density at radius 1 is 0.783 bits per heavy atom. The number of hydrogen-bond donors (Lipinski definition) is 8. The summed E-state index contributed by atoms with van der Waals surface area (Å²) in [5.74, 6) is -3.62. The highest BCUT2D eigenvalue weighted by Gasteiger charge is 2.35. The summed E-state index contributed by atoms with van der Waals surface area (Å²) in [6, 6.07) is 13.4. The summed E-state index contributed by atoms with van der Waals surface area (Å²) in [6.45, 7) is 0. The Labute approximate surface area is 260 Å². The number of carboxylic acids is 2. The van der Waals surface area contributed by atoms with Crippen molar-refractivity contribution in [1.82, 2.24) is 0 Å². The van der Waals surface area contributed by atoms with Crippen molar-refractivity contribution < 1.29 is 51.2 Å². The summed E-state index contributed by atoms with van der Waals surface area (Å²) in [7, 11) is -9.18. The van der Waals surface area contributed by atoms with E-state index in [4.69, 9.17) is 5.73 Å². The number of benzene rings is 4. The van der Waals surface area contributed by atoms with Crippen LogP contribution < -0.4 is 11.2 Å². The van der Waals surface area contributed by atoms with Crippen LogP contribution in [0, 0.1) is 0 Å². The molecule has 0 atom stereocenters. The number of nitrogens with one attached hydrogen (secondary N) is 1. The molecule has 0 spiro atoms. The number of nitrogen functional groups attached to an aromatic ring is 1. The van der Waals surface area contributed by atoms with Crippen LogP contribution in [-0.4, -0.2) is 60.3 Å². The number of carbonyl (C=O) groups excluding carboxylic acids is 1. The number of rotatable bonds is 8. The summed E-state index contributed by atoms with van der Waals surface area (Å²) in [5, 5.41) is 30.9. The number of fused-ring (bicyclic) bond motifs is 2. The van der Waals surface area contributed by atoms with Gasteiger partial charge in [-0.2, -0.15) is 18.6 Å². The Kier molecular flexibility index (Phi) is 8.17. The Bertz CT molecular complexity index is 2160. The van der Waals surface area contributed by atoms with Gasteiger partial charge in [0.15, 0.2) is 0 Å². The highest BCUT2D eigenvalue weighted by molar-refractivity contribution is 8.23. The molecule has 46 heavy (non-hydrogen) atoms. The van der Waals surface area contributed by atoms with Crippen LogP contribution in [0.2, 0.25) is 0 Å². The van der Waals surface area contributed by atoms with Crippen molar-refractivity contribution >= 4 is 84.0 Å². The van der Waals surface area contributed by atoms with Gasteiger partial charge in [-0.3, -0.25) is 14.8 Å². The first-order chi connectivity index (χ1) is 21.5. The fourth-order valence-electron chi connectivity index (χ4n) is 4.46. The number of nitrogens with zero attached hydrogens (tertiary/aromatic N) is 3. The summed E-state index contributed by atoms with van der Waals surface area (Å²) in [4.78, 5) is 35.1. The van der Waals surface area contributed by atoms with Crippen molar-refractivity contribution in [2.45, 2.75) is 4.90 Å². The maximum atomic E-state index is 13.3. The van der Waals surface area contributed by atoms with Gasteiger partial charge in [0.05, 0.1) is 38.0 Å². The number of anilines is 2. The molecule has 0 amide bonds. The van der Waals surface area contributed by atoms with Crippen molar-refractivity contribution in [3.63, 3.8) is 0 Å². The Morgan fingerprint density at radius 2 is 1.46 bits per heavy atom. The van der Waals surface area contributed by atoms with E-state index in [9.17, 15) is 51.2 Å². The summed E-state index contributed by atoms with van der Waals surface area (Å²) in [5.41, 5.74) is 7.56. The average molecular weight is 668 g/mol. The van der Waals surface area contributed by atoms with Gasteiger partial charge in [-0.15, -0.1) is 5.11 Å². The Hall–Kier alpha value is -5.50. The van der Waals surface area contributed by atoms with Gasteiger partial charge in [0.1, 0.15) is 16.6 Å². The summed E-state index contributed by atoms with van der Waals surface area (Å²) in [6.07, 6.45) is 1.15. The molecular weight excluding hydrogens is 646 g/mol. The molecule has 236 valence electrons. The molecule has 0 heterocycles. The van der Waals surface area contributed by atoms with Crippen molar-refractivity contribution in [2.75, 3.05) is 11.2 Å². The van der Waals surface area contributed by atoms with E-state index in [1.54, 1.807) is 0 Å². The predicted octanol–water partition coefficient (Wildman–Crippen LogP) is 5.71. The number of nitrogens with two attached hydrogens (primary N) is 1. The van der Waals surface area contributed by atoms with Crippen molar-refractivity contribution in [2.24, 2.45) is 15.3 Å². The minimum absolute atomic E-state index is 0.0212. The molecular formula is C28H21N5O11S2. The van der Waals surface area contributed by atoms with Gasteiger partial charge in [-0.05, 0) is 66.2 Å². The number of carboxylic acid groups (broad SMARTS) is 2. The number of allylic oxidation sites excluding steroid dienone is 1. The van der Waals surface area contributed by atoms with Gasteiger partial charge in [0.2, 0.25) is 5.78 Å². The van der Waals surface area contributed by atoms with Crippen LogP contribution in [0.3, 0.4) is 0 Å². The molecule has 16 nitrogen and oxygen atoms in total. The standard InChI is InChI=1S/C28H21N5O11S2/c29-16-2-1-13-10-24(46(42,43)44)25(26(34)20(13)11-16)33-32-23-6-5-22(19-4-3-18(12-21(19)23)45(39,40)41)31-30-17-8-14(27(35)36)7-15(9-17)28(37)38/h1-12,32,42-44H,29H2,(H,35,36)(H,37,38)(H,39,40,41)/b31-30?,33-25-. The quantitative estimate of drug-likeness (QED) is 0.0484. The maximum absolute atomic E-state index is 13.3. The van der Waals surface area contributed by atoms with Crippen molar-refractivity contribution in [1.29, 1.82) is 0 Å². The summed E-state index contributed by atoms with van der Waals surface area (Å²) >= 11 is 0. The lowest BCUT2D eigenvalue weighted by Gasteiger charge is -2.26. The van der Waals surface area contributed by atoms with E-state index in [2.05, 4.69) is 20.8 Å². The van der Waals surface area contributed by atoms with E-state index in [-0.39, 0.29) is 55.8 Å². The van der Waals surface area contributed by atoms with E-state index in [0.717, 1.165) is 36.4 Å². The molecule has 4 aromatic carbocycles. The third-order valence-electron chi connectivity index (χ3n) is 6.59. The van der Waals surface area contributed by atoms with Gasteiger partial charge in [-0.1, -0.05) is 12.1 Å². The Balaban J connectivity index is 1.62. The zero-order valence-corrected chi connectivity index (χ0v) is 24.5. The van der Waals surface area contributed by atoms with Crippen LogP contribution in [0.1, 0.15) is 36.6 Å². The molecule has 0 aliphatic heterocycles. The predicted molar refractivity (Wildman–Crippen MR) is 168 cm³/mol. The monoisotopic (exact) mass is 667 g/mol. The number of aromatic carboxylic acids is 2. The normalized spacial score (nSPS) is 14.7. The molecule has 0 saturated heterocycles. The minimum Gasteiger partial charge on any atom is -0.478 e. The van der Waals surface area contributed by atoms with E-state index in [0.29, 0.717) is 0 Å². The van der Waals surface area contributed by atoms with E-state index < -0.39 is 54.2 Å². The fourth-order valence-corrected chi connectivity index (χ4v) is 5.65. The second-order valence-electron chi connectivity index (χ2n) is 9.67. The molecule has 18 heteroatoms. The molecule has 0 unspecified atom stereocenters. The lowest BCUT2D eigenvalue weighted by molar-refractivity contribution is 0.0696. The third kappa shape index (κ3) is 6.47. The number of ketones is 1. The van der Waals surface area contributed by atoms with E-state index in [1.165, 1.54) is 36.4 Å². The number of Topliss-reactive ketones (excluding diaryl/α,β-unsaturated/α-hetero) is 1. The molecule has 1 aliphatic carbocycles. The molecule has 0 radical (unpaired) electrons. The van der Waals surface area contributed by atoms with Gasteiger partial charge < -0.3 is 29.6 Å². The highest BCUT2D eigenvalue weighted by Crippen LogP contribution is 2.47. The van der Waals surface area contributed by atoms with Gasteiger partial charge in [0, 0.05) is 22.0 Å². The topological polar surface area (TPSA) is 282 Å². The molecule has 0 bridgehead atoms. The van der Waals surface area contributed by atoms with E-state index in [1.807, 2.05) is 0 Å². The first-order valence-corrected chi connectivity index (χ1v) is 15.6. The van der Waals surface area contributed by atoms with Crippen LogP contribution in [-0.2, 0) is 10.1 Å².